The van der Waals surface area contributed by atoms with Crippen molar-refractivity contribution in [3.63, 3.8) is 0 Å². The van der Waals surface area contributed by atoms with Gasteiger partial charge in [0.1, 0.15) is 0 Å². The van der Waals surface area contributed by atoms with Gasteiger partial charge in [-0.25, -0.2) is 0 Å². The molecule has 0 radical (unpaired) electrons. The van der Waals surface area contributed by atoms with E-state index in [-0.39, 0.29) is 5.91 Å². The molecule has 0 unspecified atom stereocenters. The van der Waals surface area contributed by atoms with Crippen molar-refractivity contribution in [3.8, 4) is 0 Å². The van der Waals surface area contributed by atoms with Crippen LogP contribution >= 0.6 is 0 Å². The first-order valence-electron chi connectivity index (χ1n) is 5.20. The standard InChI is InChI=1S/C12H16N2O/c1-4-14-10-6-5-8(13)7-9(10)12(2,3)11(14)15/h5-7H,4,13H2,1-3H3. The number of hydrogen-bond donors (Lipinski definition) is 1. The minimum Gasteiger partial charge on any atom is -0.399 e. The normalized spacial score (nSPS) is 18.1. The highest BCUT2D eigenvalue weighted by Gasteiger charge is 2.42. The number of carbonyl (C=O) groups excluding carboxylic acids is 1. The van der Waals surface area contributed by atoms with Gasteiger partial charge in [-0.2, -0.15) is 0 Å². The number of carbonyl (C=O) groups is 1. The SMILES string of the molecule is CCN1C(=O)C(C)(C)c2cc(N)ccc21. The van der Waals surface area contributed by atoms with Crippen molar-refractivity contribution < 1.29 is 4.79 Å². The monoisotopic (exact) mass is 204 g/mol. The Labute approximate surface area is 89.9 Å². The van der Waals surface area contributed by atoms with Gasteiger partial charge in [-0.1, -0.05) is 0 Å². The van der Waals surface area contributed by atoms with Crippen LogP contribution in [-0.2, 0) is 10.2 Å². The van der Waals surface area contributed by atoms with E-state index in [0.29, 0.717) is 12.2 Å². The molecule has 1 amide bonds. The highest BCUT2D eigenvalue weighted by molar-refractivity contribution is 6.07. The number of anilines is 2. The van der Waals surface area contributed by atoms with E-state index in [4.69, 9.17) is 5.73 Å². The highest BCUT2D eigenvalue weighted by Crippen LogP contribution is 2.42. The van der Waals surface area contributed by atoms with Gasteiger partial charge in [0.25, 0.3) is 0 Å². The summed E-state index contributed by atoms with van der Waals surface area (Å²) in [5.74, 6) is 0.158. The molecule has 0 aliphatic carbocycles. The van der Waals surface area contributed by atoms with Gasteiger partial charge in [-0.05, 0) is 44.5 Å². The van der Waals surface area contributed by atoms with Crippen molar-refractivity contribution in [2.45, 2.75) is 26.2 Å². The maximum Gasteiger partial charge on any atom is 0.237 e. The van der Waals surface area contributed by atoms with Crippen LogP contribution in [0.1, 0.15) is 26.3 Å². The smallest absolute Gasteiger partial charge is 0.237 e. The molecule has 0 saturated carbocycles. The van der Waals surface area contributed by atoms with Crippen LogP contribution in [0.4, 0.5) is 11.4 Å². The summed E-state index contributed by atoms with van der Waals surface area (Å²) in [6.07, 6.45) is 0. The number of fused-ring (bicyclic) bond motifs is 1. The zero-order valence-electron chi connectivity index (χ0n) is 9.37. The second-order valence-corrected chi connectivity index (χ2v) is 4.45. The molecule has 3 heteroatoms. The molecule has 0 atom stereocenters. The van der Waals surface area contributed by atoms with Crippen LogP contribution < -0.4 is 10.6 Å². The number of benzene rings is 1. The van der Waals surface area contributed by atoms with Crippen LogP contribution in [0.5, 0.6) is 0 Å². The lowest BCUT2D eigenvalue weighted by atomic mass is 9.86. The molecule has 1 aliphatic heterocycles. The first-order valence-corrected chi connectivity index (χ1v) is 5.20. The van der Waals surface area contributed by atoms with Crippen molar-refractivity contribution in [2.24, 2.45) is 0 Å². The molecule has 1 heterocycles. The third-order valence-corrected chi connectivity index (χ3v) is 3.08. The predicted molar refractivity (Wildman–Crippen MR) is 61.9 cm³/mol. The Morgan fingerprint density at radius 3 is 2.67 bits per heavy atom. The summed E-state index contributed by atoms with van der Waals surface area (Å²) in [6.45, 7) is 6.59. The molecule has 0 aromatic heterocycles. The average Bonchev–Trinajstić information content (AvgIpc) is 2.37. The average molecular weight is 204 g/mol. The first-order chi connectivity index (χ1) is 6.98. The molecule has 80 valence electrons. The zero-order valence-corrected chi connectivity index (χ0v) is 9.37. The molecule has 2 N–H and O–H groups in total. The van der Waals surface area contributed by atoms with E-state index in [9.17, 15) is 4.79 Å². The van der Waals surface area contributed by atoms with Crippen LogP contribution in [0.25, 0.3) is 0 Å². The summed E-state index contributed by atoms with van der Waals surface area (Å²) < 4.78 is 0. The molecule has 0 saturated heterocycles. The van der Waals surface area contributed by atoms with E-state index in [1.165, 1.54) is 0 Å². The third-order valence-electron chi connectivity index (χ3n) is 3.08. The van der Waals surface area contributed by atoms with Gasteiger partial charge in [0.2, 0.25) is 5.91 Å². The van der Waals surface area contributed by atoms with E-state index in [0.717, 1.165) is 11.3 Å². The van der Waals surface area contributed by atoms with Crippen LogP contribution in [0.15, 0.2) is 18.2 Å². The Balaban J connectivity index is 2.65. The number of nitrogens with two attached hydrogens (primary N) is 1. The lowest BCUT2D eigenvalue weighted by Crippen LogP contribution is -2.35. The quantitative estimate of drug-likeness (QED) is 0.710. The van der Waals surface area contributed by atoms with Crippen molar-refractivity contribution in [3.05, 3.63) is 23.8 Å². The van der Waals surface area contributed by atoms with E-state index < -0.39 is 5.41 Å². The fourth-order valence-electron chi connectivity index (χ4n) is 2.17. The summed E-state index contributed by atoms with van der Waals surface area (Å²) in [4.78, 5) is 13.9. The van der Waals surface area contributed by atoms with Crippen LogP contribution in [0.3, 0.4) is 0 Å². The van der Waals surface area contributed by atoms with Crippen LogP contribution in [0, 0.1) is 0 Å². The van der Waals surface area contributed by atoms with Crippen LogP contribution in [0.2, 0.25) is 0 Å². The van der Waals surface area contributed by atoms with Crippen molar-refractivity contribution >= 4 is 17.3 Å². The molecule has 3 nitrogen and oxygen atoms in total. The lowest BCUT2D eigenvalue weighted by molar-refractivity contribution is -0.122. The number of rotatable bonds is 1. The van der Waals surface area contributed by atoms with Gasteiger partial charge in [0.05, 0.1) is 5.41 Å². The Morgan fingerprint density at radius 1 is 1.40 bits per heavy atom. The van der Waals surface area contributed by atoms with Gasteiger partial charge in [0, 0.05) is 17.9 Å². The second kappa shape index (κ2) is 2.99. The highest BCUT2D eigenvalue weighted by atomic mass is 16.2. The van der Waals surface area contributed by atoms with Gasteiger partial charge < -0.3 is 10.6 Å². The van der Waals surface area contributed by atoms with Gasteiger partial charge in [0.15, 0.2) is 0 Å². The molecule has 1 aromatic rings. The lowest BCUT2D eigenvalue weighted by Gasteiger charge is -2.18. The van der Waals surface area contributed by atoms with E-state index in [1.54, 1.807) is 0 Å². The minimum atomic E-state index is -0.444. The Kier molecular flexibility index (Phi) is 2.00. The second-order valence-electron chi connectivity index (χ2n) is 4.45. The summed E-state index contributed by atoms with van der Waals surface area (Å²) >= 11 is 0. The number of nitrogens with zero attached hydrogens (tertiary/aromatic N) is 1. The number of likely N-dealkylation sites (N-methyl/N-ethyl adjacent to an activating group) is 1. The number of amides is 1. The Hall–Kier alpha value is -1.51. The molecule has 0 fully saturated rings. The fraction of sp³-hybridized carbons (Fsp3) is 0.417. The summed E-state index contributed by atoms with van der Waals surface area (Å²) in [5.41, 5.74) is 8.06. The Bertz CT molecular complexity index is 424. The molecular weight excluding hydrogens is 188 g/mol. The summed E-state index contributed by atoms with van der Waals surface area (Å²) in [5, 5.41) is 0. The largest absolute Gasteiger partial charge is 0.399 e. The summed E-state index contributed by atoms with van der Waals surface area (Å²) in [7, 11) is 0. The van der Waals surface area contributed by atoms with Crippen molar-refractivity contribution in [1.82, 2.24) is 0 Å². The molecular formula is C12H16N2O. The Morgan fingerprint density at radius 2 is 2.07 bits per heavy atom. The van der Waals surface area contributed by atoms with E-state index in [1.807, 2.05) is 43.9 Å². The molecule has 15 heavy (non-hydrogen) atoms. The molecule has 2 rings (SSSR count). The predicted octanol–water partition coefficient (Wildman–Crippen LogP) is 1.91. The topological polar surface area (TPSA) is 46.3 Å². The molecule has 1 aromatic carbocycles. The molecule has 1 aliphatic rings. The maximum absolute atomic E-state index is 12.1. The number of nitrogen functional groups attached to an aromatic ring is 1. The maximum atomic E-state index is 12.1. The van der Waals surface area contributed by atoms with Crippen molar-refractivity contribution in [1.29, 1.82) is 0 Å². The third kappa shape index (κ3) is 1.23. The van der Waals surface area contributed by atoms with Gasteiger partial charge in [-0.15, -0.1) is 0 Å². The van der Waals surface area contributed by atoms with Crippen LogP contribution in [-0.4, -0.2) is 12.5 Å². The fourth-order valence-corrected chi connectivity index (χ4v) is 2.17. The first kappa shape index (κ1) is 10.0. The minimum absolute atomic E-state index is 0.158. The molecule has 0 bridgehead atoms. The molecule has 0 spiro atoms. The van der Waals surface area contributed by atoms with Gasteiger partial charge in [-0.3, -0.25) is 4.79 Å². The number of hydrogen-bond acceptors (Lipinski definition) is 2. The summed E-state index contributed by atoms with van der Waals surface area (Å²) in [6, 6.07) is 5.68. The van der Waals surface area contributed by atoms with Crippen molar-refractivity contribution in [2.75, 3.05) is 17.2 Å². The zero-order chi connectivity index (χ0) is 11.2. The van der Waals surface area contributed by atoms with Gasteiger partial charge >= 0.3 is 0 Å². The van der Waals surface area contributed by atoms with E-state index >= 15 is 0 Å². The van der Waals surface area contributed by atoms with E-state index in [2.05, 4.69) is 0 Å².